The molecular weight excluding hydrogens is 734 g/mol. The van der Waals surface area contributed by atoms with Gasteiger partial charge in [-0.3, -0.25) is 14.4 Å². The predicted molar refractivity (Wildman–Crippen MR) is 215 cm³/mol. The van der Waals surface area contributed by atoms with Gasteiger partial charge in [0, 0.05) is 31.3 Å². The molecule has 1 atom stereocenters. The van der Waals surface area contributed by atoms with E-state index in [1.54, 1.807) is 18.3 Å². The van der Waals surface area contributed by atoms with Gasteiger partial charge in [-0.15, -0.1) is 0 Å². The first-order valence-electron chi connectivity index (χ1n) is 19.3. The maximum atomic E-state index is 12.7. The molecule has 0 fully saturated rings. The Labute approximate surface area is 334 Å². The van der Waals surface area contributed by atoms with Crippen molar-refractivity contribution in [2.24, 2.45) is 5.41 Å². The van der Waals surface area contributed by atoms with Crippen molar-refractivity contribution in [3.05, 3.63) is 72.2 Å². The fourth-order valence-corrected chi connectivity index (χ4v) is 5.55. The van der Waals surface area contributed by atoms with Crippen LogP contribution in [-0.2, 0) is 33.3 Å². The Morgan fingerprint density at radius 2 is 1.49 bits per heavy atom. The van der Waals surface area contributed by atoms with Crippen LogP contribution in [0, 0.1) is 12.3 Å². The zero-order valence-corrected chi connectivity index (χ0v) is 33.5. The van der Waals surface area contributed by atoms with Gasteiger partial charge in [-0.25, -0.2) is 9.97 Å². The SMILES string of the molecule is Cc1ccnc(NCCCC(=O)NCC(=O)N[C@@H](CC(=O)O)c2ccc(-c3ccc(OCCOCCOCCOCCOCCC(C)(C)C)c4ncoc34)cc2)c1. The molecule has 15 heteroatoms. The van der Waals surface area contributed by atoms with Crippen molar-refractivity contribution in [3.8, 4) is 16.9 Å². The smallest absolute Gasteiger partial charge is 0.305 e. The molecule has 2 heterocycles. The van der Waals surface area contributed by atoms with Crippen LogP contribution in [0.1, 0.15) is 63.6 Å². The maximum absolute atomic E-state index is 12.7. The monoisotopic (exact) mass is 791 g/mol. The van der Waals surface area contributed by atoms with Crippen molar-refractivity contribution in [1.29, 1.82) is 0 Å². The number of hydrogen-bond acceptors (Lipinski definition) is 12. The number of anilines is 1. The Hall–Kier alpha value is -5.09. The fraction of sp³-hybridized carbons (Fsp3) is 0.500. The Morgan fingerprint density at radius 1 is 0.825 bits per heavy atom. The molecule has 2 aromatic carbocycles. The molecule has 0 spiro atoms. The second kappa shape index (κ2) is 23.9. The van der Waals surface area contributed by atoms with E-state index in [9.17, 15) is 19.5 Å². The van der Waals surface area contributed by atoms with Gasteiger partial charge in [-0.1, -0.05) is 45.0 Å². The molecule has 0 saturated heterocycles. The van der Waals surface area contributed by atoms with Crippen molar-refractivity contribution < 1.29 is 47.6 Å². The normalized spacial score (nSPS) is 12.0. The van der Waals surface area contributed by atoms with Crippen molar-refractivity contribution in [1.82, 2.24) is 20.6 Å². The molecule has 4 rings (SSSR count). The van der Waals surface area contributed by atoms with Crippen LogP contribution in [-0.4, -0.2) is 105 Å². The number of nitrogens with one attached hydrogen (secondary N) is 3. The number of aryl methyl sites for hydroxylation is 1. The molecule has 0 aliphatic heterocycles. The molecule has 15 nitrogen and oxygen atoms in total. The van der Waals surface area contributed by atoms with Crippen LogP contribution in [0.25, 0.3) is 22.2 Å². The van der Waals surface area contributed by atoms with E-state index in [1.807, 2.05) is 43.3 Å². The first-order valence-corrected chi connectivity index (χ1v) is 19.3. The van der Waals surface area contributed by atoms with E-state index in [0.29, 0.717) is 88.2 Å². The van der Waals surface area contributed by atoms with Gasteiger partial charge >= 0.3 is 5.97 Å². The van der Waals surface area contributed by atoms with E-state index in [-0.39, 0.29) is 30.7 Å². The number of nitrogens with zero attached hydrogens (tertiary/aromatic N) is 2. The Morgan fingerprint density at radius 3 is 2.14 bits per heavy atom. The predicted octanol–water partition coefficient (Wildman–Crippen LogP) is 5.72. The van der Waals surface area contributed by atoms with Crippen molar-refractivity contribution in [2.75, 3.05) is 77.9 Å². The summed E-state index contributed by atoms with van der Waals surface area (Å²) < 4.78 is 34.0. The lowest BCUT2D eigenvalue weighted by molar-refractivity contribution is -0.138. The number of carbonyl (C=O) groups excluding carboxylic acids is 2. The number of pyridine rings is 1. The average molecular weight is 792 g/mol. The molecule has 2 amide bonds. The summed E-state index contributed by atoms with van der Waals surface area (Å²) in [5.41, 5.74) is 4.58. The van der Waals surface area contributed by atoms with Gasteiger partial charge < -0.3 is 49.2 Å². The largest absolute Gasteiger partial charge is 0.489 e. The minimum atomic E-state index is -1.08. The molecule has 4 aromatic rings. The van der Waals surface area contributed by atoms with Crippen molar-refractivity contribution in [2.45, 2.75) is 59.4 Å². The van der Waals surface area contributed by atoms with Crippen LogP contribution < -0.4 is 20.7 Å². The van der Waals surface area contributed by atoms with E-state index in [0.717, 1.165) is 35.5 Å². The molecule has 0 aliphatic carbocycles. The van der Waals surface area contributed by atoms with E-state index >= 15 is 0 Å². The molecule has 0 radical (unpaired) electrons. The lowest BCUT2D eigenvalue weighted by atomic mass is 9.93. The lowest BCUT2D eigenvalue weighted by Crippen LogP contribution is -2.39. The van der Waals surface area contributed by atoms with Crippen LogP contribution in [0.3, 0.4) is 0 Å². The first-order chi connectivity index (χ1) is 27.5. The van der Waals surface area contributed by atoms with E-state index in [2.05, 4.69) is 46.7 Å². The highest BCUT2D eigenvalue weighted by atomic mass is 16.6. The van der Waals surface area contributed by atoms with E-state index in [1.165, 1.54) is 6.39 Å². The molecule has 2 aromatic heterocycles. The number of rotatable bonds is 27. The van der Waals surface area contributed by atoms with Gasteiger partial charge in [0.1, 0.15) is 18.2 Å². The number of aromatic nitrogens is 2. The molecule has 0 saturated carbocycles. The number of carboxylic acid groups (broad SMARTS) is 1. The quantitative estimate of drug-likeness (QED) is 0.0537. The van der Waals surface area contributed by atoms with Gasteiger partial charge in [0.2, 0.25) is 11.8 Å². The minimum Gasteiger partial charge on any atom is -0.489 e. The van der Waals surface area contributed by atoms with Crippen LogP contribution in [0.2, 0.25) is 0 Å². The number of aliphatic carboxylic acids is 1. The topological polar surface area (TPSA) is 193 Å². The number of carboxylic acids is 1. The summed E-state index contributed by atoms with van der Waals surface area (Å²) in [4.78, 5) is 45.3. The second-order valence-corrected chi connectivity index (χ2v) is 14.6. The van der Waals surface area contributed by atoms with E-state index < -0.39 is 17.9 Å². The second-order valence-electron chi connectivity index (χ2n) is 14.6. The lowest BCUT2D eigenvalue weighted by Gasteiger charge is -2.18. The molecule has 0 unspecified atom stereocenters. The molecule has 57 heavy (non-hydrogen) atoms. The highest BCUT2D eigenvalue weighted by Gasteiger charge is 2.20. The number of hydrogen-bond donors (Lipinski definition) is 4. The average Bonchev–Trinajstić information content (AvgIpc) is 3.67. The summed E-state index contributed by atoms with van der Waals surface area (Å²) >= 11 is 0. The van der Waals surface area contributed by atoms with Crippen LogP contribution in [0.4, 0.5) is 5.82 Å². The van der Waals surface area contributed by atoms with Crippen LogP contribution >= 0.6 is 0 Å². The zero-order chi connectivity index (χ0) is 40.9. The zero-order valence-electron chi connectivity index (χ0n) is 33.5. The van der Waals surface area contributed by atoms with Gasteiger partial charge in [0.25, 0.3) is 0 Å². The maximum Gasteiger partial charge on any atom is 0.305 e. The Bertz CT molecular complexity index is 1830. The molecule has 0 bridgehead atoms. The molecule has 310 valence electrons. The van der Waals surface area contributed by atoms with Gasteiger partial charge in [0.15, 0.2) is 17.5 Å². The highest BCUT2D eigenvalue weighted by molar-refractivity contribution is 5.93. The molecular formula is C42H57N5O10. The summed E-state index contributed by atoms with van der Waals surface area (Å²) in [5.74, 6) is -0.574. The molecule has 4 N–H and O–H groups in total. The van der Waals surface area contributed by atoms with Crippen molar-refractivity contribution >= 4 is 34.7 Å². The third-order valence-corrected chi connectivity index (χ3v) is 8.63. The summed E-state index contributed by atoms with van der Waals surface area (Å²) in [6.45, 7) is 13.2. The Kier molecular flexibility index (Phi) is 18.7. The summed E-state index contributed by atoms with van der Waals surface area (Å²) in [7, 11) is 0. The number of ether oxygens (including phenoxy) is 5. The minimum absolute atomic E-state index is 0.217. The number of amides is 2. The number of benzene rings is 2. The third kappa shape index (κ3) is 16.9. The van der Waals surface area contributed by atoms with E-state index in [4.69, 9.17) is 28.1 Å². The fourth-order valence-electron chi connectivity index (χ4n) is 5.55. The summed E-state index contributed by atoms with van der Waals surface area (Å²) in [6.07, 6.45) is 4.51. The third-order valence-electron chi connectivity index (χ3n) is 8.63. The highest BCUT2D eigenvalue weighted by Crippen LogP contribution is 2.34. The number of carbonyl (C=O) groups is 3. The number of oxazole rings is 1. The van der Waals surface area contributed by atoms with Crippen molar-refractivity contribution in [3.63, 3.8) is 0 Å². The van der Waals surface area contributed by atoms with Gasteiger partial charge in [0.05, 0.1) is 65.3 Å². The summed E-state index contributed by atoms with van der Waals surface area (Å²) in [6, 6.07) is 13.8. The van der Waals surface area contributed by atoms with Crippen LogP contribution in [0.15, 0.2) is 65.5 Å². The molecule has 0 aliphatic rings. The van der Waals surface area contributed by atoms with Gasteiger partial charge in [-0.2, -0.15) is 0 Å². The standard InChI is InChI=1S/C42H57N5O10/c1-30-13-16-44-36(26-30)43-15-5-6-37(48)45-28-38(49)47-34(27-39(50)51)32-9-7-31(8-10-32)33-11-12-35(40-41(33)57-29-46-40)56-25-24-55-23-22-54-21-20-53-19-18-52-17-14-42(2,3)4/h7-13,16,26,29,34H,5-6,14-15,17-25,27-28H2,1-4H3,(H,43,44)(H,45,48)(H,47,49)(H,50,51)/t34-/m0/s1. The van der Waals surface area contributed by atoms with Gasteiger partial charge in [-0.05, 0) is 66.1 Å². The van der Waals surface area contributed by atoms with Crippen LogP contribution in [0.5, 0.6) is 5.75 Å². The number of fused-ring (bicyclic) bond motifs is 1. The summed E-state index contributed by atoms with van der Waals surface area (Å²) in [5, 5.41) is 18.1. The first kappa shape index (κ1) is 44.6. The Balaban J connectivity index is 1.16.